The largest absolute Gasteiger partial charge is 0.356 e. The minimum atomic E-state index is -0.0872. The van der Waals surface area contributed by atoms with Crippen molar-refractivity contribution in [2.45, 2.75) is 26.3 Å². The fourth-order valence-electron chi connectivity index (χ4n) is 2.50. The number of fused-ring (bicyclic) bond motifs is 1. The zero-order valence-corrected chi connectivity index (χ0v) is 13.8. The summed E-state index contributed by atoms with van der Waals surface area (Å²) < 4.78 is 0. The molecule has 0 aliphatic carbocycles. The molecule has 0 saturated heterocycles. The average molecular weight is 322 g/mol. The summed E-state index contributed by atoms with van der Waals surface area (Å²) >= 11 is 0. The first-order chi connectivity index (χ1) is 11.8. The maximum absolute atomic E-state index is 12.3. The fraction of sp³-hybridized carbons (Fsp3) is 0.263. The summed E-state index contributed by atoms with van der Waals surface area (Å²) in [5.74, 6) is 0.663. The number of imidazole rings is 1. The molecule has 24 heavy (non-hydrogen) atoms. The Balaban J connectivity index is 1.66. The topological polar surface area (TPSA) is 69.8 Å². The van der Waals surface area contributed by atoms with Crippen molar-refractivity contribution in [2.24, 2.45) is 0 Å². The molecule has 0 radical (unpaired) electrons. The van der Waals surface area contributed by atoms with Gasteiger partial charge in [0.15, 0.2) is 0 Å². The molecule has 1 aromatic heterocycles. The Morgan fingerprint density at radius 2 is 2.00 bits per heavy atom. The Kier molecular flexibility index (Phi) is 5.11. The number of carbonyl (C=O) groups excluding carboxylic acids is 1. The van der Waals surface area contributed by atoms with Gasteiger partial charge in [-0.1, -0.05) is 43.7 Å². The lowest BCUT2D eigenvalue weighted by Gasteiger charge is -2.05. The molecule has 5 heteroatoms. The van der Waals surface area contributed by atoms with E-state index in [-0.39, 0.29) is 5.91 Å². The summed E-state index contributed by atoms with van der Waals surface area (Å²) in [5, 5.41) is 6.20. The smallest absolute Gasteiger partial charge is 0.251 e. The van der Waals surface area contributed by atoms with Gasteiger partial charge in [-0.2, -0.15) is 0 Å². The van der Waals surface area contributed by atoms with Crippen LogP contribution >= 0.6 is 0 Å². The normalized spacial score (nSPS) is 10.7. The molecule has 0 saturated carbocycles. The minimum Gasteiger partial charge on any atom is -0.356 e. The van der Waals surface area contributed by atoms with Gasteiger partial charge in [0.1, 0.15) is 0 Å². The van der Waals surface area contributed by atoms with Crippen LogP contribution < -0.4 is 10.6 Å². The van der Waals surface area contributed by atoms with E-state index in [2.05, 4.69) is 27.5 Å². The molecule has 5 nitrogen and oxygen atoms in total. The summed E-state index contributed by atoms with van der Waals surface area (Å²) in [6.45, 7) is 3.56. The fourth-order valence-corrected chi connectivity index (χ4v) is 2.50. The molecule has 1 amide bonds. The average Bonchev–Trinajstić information content (AvgIpc) is 3.02. The van der Waals surface area contributed by atoms with Gasteiger partial charge < -0.3 is 15.6 Å². The number of nitrogens with zero attached hydrogens (tertiary/aromatic N) is 1. The Bertz CT molecular complexity index is 811. The third kappa shape index (κ3) is 3.93. The molecular weight excluding hydrogens is 300 g/mol. The first kappa shape index (κ1) is 16.1. The van der Waals surface area contributed by atoms with E-state index >= 15 is 0 Å². The number of benzene rings is 2. The second kappa shape index (κ2) is 7.64. The number of hydrogen-bond acceptors (Lipinski definition) is 3. The van der Waals surface area contributed by atoms with Crippen LogP contribution in [0.1, 0.15) is 35.7 Å². The first-order valence-corrected chi connectivity index (χ1v) is 8.32. The molecule has 2 aromatic carbocycles. The van der Waals surface area contributed by atoms with Gasteiger partial charge in [0.05, 0.1) is 11.0 Å². The number of carbonyl (C=O) groups is 1. The zero-order chi connectivity index (χ0) is 16.8. The summed E-state index contributed by atoms with van der Waals surface area (Å²) in [6, 6.07) is 15.4. The van der Waals surface area contributed by atoms with E-state index in [1.165, 1.54) is 0 Å². The van der Waals surface area contributed by atoms with E-state index < -0.39 is 0 Å². The molecule has 0 bridgehead atoms. The molecule has 3 N–H and O–H groups in total. The third-order valence-electron chi connectivity index (χ3n) is 3.86. The van der Waals surface area contributed by atoms with Gasteiger partial charge >= 0.3 is 0 Å². The molecule has 0 aliphatic rings. The van der Waals surface area contributed by atoms with Crippen LogP contribution in [0.4, 0.5) is 5.95 Å². The summed E-state index contributed by atoms with van der Waals surface area (Å²) in [7, 11) is 0. The van der Waals surface area contributed by atoms with Crippen LogP contribution in [0.15, 0.2) is 48.5 Å². The van der Waals surface area contributed by atoms with Gasteiger partial charge in [0.25, 0.3) is 5.91 Å². The highest BCUT2D eigenvalue weighted by atomic mass is 16.1. The van der Waals surface area contributed by atoms with Crippen molar-refractivity contribution in [3.63, 3.8) is 0 Å². The number of nitrogens with one attached hydrogen (secondary N) is 3. The van der Waals surface area contributed by atoms with Gasteiger partial charge in [-0.25, -0.2) is 4.98 Å². The van der Waals surface area contributed by atoms with Gasteiger partial charge in [-0.15, -0.1) is 0 Å². The first-order valence-electron chi connectivity index (χ1n) is 8.32. The van der Waals surface area contributed by atoms with E-state index in [0.717, 1.165) is 41.9 Å². The summed E-state index contributed by atoms with van der Waals surface area (Å²) in [4.78, 5) is 20.0. The molecule has 1 heterocycles. The number of aromatic amines is 1. The van der Waals surface area contributed by atoms with Crippen molar-refractivity contribution < 1.29 is 4.79 Å². The van der Waals surface area contributed by atoms with Crippen LogP contribution in [0, 0.1) is 0 Å². The number of hydrogen-bond donors (Lipinski definition) is 3. The highest BCUT2D eigenvalue weighted by Gasteiger charge is 2.09. The molecular formula is C19H22N4O. The Morgan fingerprint density at radius 1 is 1.17 bits per heavy atom. The lowest BCUT2D eigenvalue weighted by atomic mass is 10.1. The standard InChI is InChI=1S/C19H22N4O/c1-2-3-11-20-19-22-16-10-9-15(12-17(16)23-19)18(24)21-13-14-7-5-4-6-8-14/h4-10,12H,2-3,11,13H2,1H3,(H,21,24)(H2,20,22,23). The van der Waals surface area contributed by atoms with E-state index in [1.54, 1.807) is 6.07 Å². The van der Waals surface area contributed by atoms with Crippen LogP contribution in [-0.4, -0.2) is 22.4 Å². The van der Waals surface area contributed by atoms with Crippen LogP contribution in [0.2, 0.25) is 0 Å². The second-order valence-electron chi connectivity index (χ2n) is 5.77. The van der Waals surface area contributed by atoms with Crippen LogP contribution in [0.5, 0.6) is 0 Å². The van der Waals surface area contributed by atoms with E-state index in [0.29, 0.717) is 12.1 Å². The lowest BCUT2D eigenvalue weighted by Crippen LogP contribution is -2.22. The molecule has 3 aromatic rings. The molecule has 124 valence electrons. The lowest BCUT2D eigenvalue weighted by molar-refractivity contribution is 0.0951. The van der Waals surface area contributed by atoms with Crippen molar-refractivity contribution in [2.75, 3.05) is 11.9 Å². The van der Waals surface area contributed by atoms with Crippen molar-refractivity contribution in [1.29, 1.82) is 0 Å². The maximum Gasteiger partial charge on any atom is 0.251 e. The molecule has 0 atom stereocenters. The van der Waals surface area contributed by atoms with Gasteiger partial charge in [0.2, 0.25) is 5.95 Å². The minimum absolute atomic E-state index is 0.0872. The monoisotopic (exact) mass is 322 g/mol. The van der Waals surface area contributed by atoms with Gasteiger partial charge in [0, 0.05) is 18.7 Å². The van der Waals surface area contributed by atoms with E-state index in [1.807, 2.05) is 42.5 Å². The quantitative estimate of drug-likeness (QED) is 0.581. The molecule has 3 rings (SSSR count). The van der Waals surface area contributed by atoms with Crippen LogP contribution in [0.3, 0.4) is 0 Å². The number of aromatic nitrogens is 2. The summed E-state index contributed by atoms with van der Waals surface area (Å²) in [6.07, 6.45) is 2.24. The highest BCUT2D eigenvalue weighted by Crippen LogP contribution is 2.16. The van der Waals surface area contributed by atoms with Crippen molar-refractivity contribution in [1.82, 2.24) is 15.3 Å². The van der Waals surface area contributed by atoms with Crippen LogP contribution in [0.25, 0.3) is 11.0 Å². The summed E-state index contributed by atoms with van der Waals surface area (Å²) in [5.41, 5.74) is 3.42. The van der Waals surface area contributed by atoms with Crippen molar-refractivity contribution >= 4 is 22.9 Å². The molecule has 0 unspecified atom stereocenters. The number of amides is 1. The van der Waals surface area contributed by atoms with E-state index in [4.69, 9.17) is 0 Å². The second-order valence-corrected chi connectivity index (χ2v) is 5.77. The predicted molar refractivity (Wildman–Crippen MR) is 97.1 cm³/mol. The number of H-pyrrole nitrogens is 1. The highest BCUT2D eigenvalue weighted by molar-refractivity contribution is 5.97. The Labute approximate surface area is 141 Å². The molecule has 0 spiro atoms. The van der Waals surface area contributed by atoms with Crippen molar-refractivity contribution in [3.05, 3.63) is 59.7 Å². The van der Waals surface area contributed by atoms with Crippen molar-refractivity contribution in [3.8, 4) is 0 Å². The van der Waals surface area contributed by atoms with Gasteiger partial charge in [-0.05, 0) is 30.2 Å². The molecule has 0 aliphatic heterocycles. The Morgan fingerprint density at radius 3 is 2.79 bits per heavy atom. The predicted octanol–water partition coefficient (Wildman–Crippen LogP) is 3.70. The molecule has 0 fully saturated rings. The maximum atomic E-state index is 12.3. The van der Waals surface area contributed by atoms with Gasteiger partial charge in [-0.3, -0.25) is 4.79 Å². The number of rotatable bonds is 7. The van der Waals surface area contributed by atoms with E-state index in [9.17, 15) is 4.79 Å². The van der Waals surface area contributed by atoms with Crippen LogP contribution in [-0.2, 0) is 6.54 Å². The number of anilines is 1. The Hall–Kier alpha value is -2.82. The zero-order valence-electron chi connectivity index (χ0n) is 13.8. The third-order valence-corrected chi connectivity index (χ3v) is 3.86. The SMILES string of the molecule is CCCCNc1nc2ccc(C(=O)NCc3ccccc3)cc2[nH]1. The number of unbranched alkanes of at least 4 members (excludes halogenated alkanes) is 1.